The highest BCUT2D eigenvalue weighted by molar-refractivity contribution is 5.87. The number of alkyl halides is 3. The van der Waals surface area contributed by atoms with Gasteiger partial charge in [0.1, 0.15) is 11.3 Å². The number of hydrogen-bond donors (Lipinski definition) is 1. The zero-order chi connectivity index (χ0) is 31.2. The summed E-state index contributed by atoms with van der Waals surface area (Å²) < 4.78 is 53.3. The molecule has 2 heterocycles. The summed E-state index contributed by atoms with van der Waals surface area (Å²) in [6.45, 7) is 6.99. The summed E-state index contributed by atoms with van der Waals surface area (Å²) in [6, 6.07) is 23.2. The van der Waals surface area contributed by atoms with E-state index in [0.717, 1.165) is 51.0 Å². The molecular weight excluding hydrogens is 565 g/mol. The van der Waals surface area contributed by atoms with Gasteiger partial charge in [0, 0.05) is 30.2 Å². The van der Waals surface area contributed by atoms with E-state index in [1.807, 2.05) is 26.0 Å². The lowest BCUT2D eigenvalue weighted by atomic mass is 9.83. The molecule has 234 valence electrons. The molecule has 0 bridgehead atoms. The van der Waals surface area contributed by atoms with E-state index in [-0.39, 0.29) is 16.5 Å². The number of nitrogens with zero attached hydrogens (tertiary/aromatic N) is 1. The van der Waals surface area contributed by atoms with Crippen LogP contribution in [-0.4, -0.2) is 31.3 Å². The first-order chi connectivity index (χ1) is 21.3. The van der Waals surface area contributed by atoms with Crippen LogP contribution in [0.3, 0.4) is 0 Å². The Morgan fingerprint density at radius 1 is 0.909 bits per heavy atom. The van der Waals surface area contributed by atoms with E-state index in [0.29, 0.717) is 43.2 Å². The summed E-state index contributed by atoms with van der Waals surface area (Å²) in [4.78, 5) is 14.6. The molecule has 0 radical (unpaired) electrons. The lowest BCUT2D eigenvalue weighted by Crippen LogP contribution is -2.40. The van der Waals surface area contributed by atoms with Gasteiger partial charge in [-0.05, 0) is 61.4 Å². The van der Waals surface area contributed by atoms with E-state index in [1.54, 1.807) is 0 Å². The smallest absolute Gasteiger partial charge is 0.417 e. The Hall–Kier alpha value is -3.62. The Morgan fingerprint density at radius 3 is 2.18 bits per heavy atom. The molecule has 8 heteroatoms. The first-order valence-corrected chi connectivity index (χ1v) is 15.7. The quantitative estimate of drug-likeness (QED) is 0.123. The minimum absolute atomic E-state index is 0.0108. The van der Waals surface area contributed by atoms with Gasteiger partial charge < -0.3 is 9.15 Å². The average molecular weight is 607 g/mol. The Bertz CT molecular complexity index is 1550. The fourth-order valence-corrected chi connectivity index (χ4v) is 6.39. The van der Waals surface area contributed by atoms with Crippen molar-refractivity contribution in [2.75, 3.05) is 26.4 Å². The molecule has 0 atom stereocenters. The second-order valence-corrected chi connectivity index (χ2v) is 11.6. The number of benzene rings is 3. The Kier molecular flexibility index (Phi) is 10.1. The summed E-state index contributed by atoms with van der Waals surface area (Å²) in [5, 5.41) is 3.72. The van der Waals surface area contributed by atoms with Gasteiger partial charge in [-0.25, -0.2) is 4.79 Å². The van der Waals surface area contributed by atoms with Crippen molar-refractivity contribution < 1.29 is 22.3 Å². The molecule has 1 aliphatic rings. The van der Waals surface area contributed by atoms with E-state index in [2.05, 4.69) is 58.7 Å². The van der Waals surface area contributed by atoms with Crippen LogP contribution >= 0.6 is 0 Å². The van der Waals surface area contributed by atoms with Crippen LogP contribution in [0, 0.1) is 0 Å². The van der Waals surface area contributed by atoms with Crippen molar-refractivity contribution in [1.82, 2.24) is 10.2 Å². The van der Waals surface area contributed by atoms with Crippen LogP contribution < -0.4 is 15.7 Å². The maximum Gasteiger partial charge on any atom is 0.417 e. The lowest BCUT2D eigenvalue weighted by molar-refractivity contribution is -0.136. The number of halogens is 3. The standard InChI is InChI=1S/C36H41F3N2O3/c1-3-14-26-22-30-31(36(37,38)39)23-32(42)44-34(30)29(15-4-2)33(26)43-21-13-7-12-20-41-24-35(40-25-41,27-16-8-5-9-17-27)28-18-10-6-11-19-28/h5-6,8-11,16-19,22-23,40H,3-4,7,12-15,20-21,24-25H2,1-2H3. The van der Waals surface area contributed by atoms with Gasteiger partial charge in [0.05, 0.1) is 17.7 Å². The largest absolute Gasteiger partial charge is 0.493 e. The third kappa shape index (κ3) is 6.87. The van der Waals surface area contributed by atoms with Gasteiger partial charge >= 0.3 is 11.8 Å². The molecule has 0 amide bonds. The summed E-state index contributed by atoms with van der Waals surface area (Å²) >= 11 is 0. The number of fused-ring (bicyclic) bond motifs is 1. The highest BCUT2D eigenvalue weighted by Gasteiger charge is 2.40. The monoisotopic (exact) mass is 606 g/mol. The lowest BCUT2D eigenvalue weighted by Gasteiger charge is -2.31. The number of hydrogen-bond acceptors (Lipinski definition) is 5. The van der Waals surface area contributed by atoms with Crippen molar-refractivity contribution in [3.8, 4) is 5.75 Å². The van der Waals surface area contributed by atoms with E-state index in [4.69, 9.17) is 9.15 Å². The van der Waals surface area contributed by atoms with Crippen LogP contribution in [0.2, 0.25) is 0 Å². The molecule has 4 aromatic rings. The number of ether oxygens (including phenoxy) is 1. The van der Waals surface area contributed by atoms with Gasteiger partial charge in [-0.15, -0.1) is 0 Å². The fraction of sp³-hybridized carbons (Fsp3) is 0.417. The van der Waals surface area contributed by atoms with Gasteiger partial charge in [0.2, 0.25) is 0 Å². The second-order valence-electron chi connectivity index (χ2n) is 11.6. The van der Waals surface area contributed by atoms with Crippen molar-refractivity contribution in [2.24, 2.45) is 0 Å². The zero-order valence-electron chi connectivity index (χ0n) is 25.5. The maximum absolute atomic E-state index is 13.9. The number of unbranched alkanes of at least 4 members (excludes halogenated alkanes) is 2. The SMILES string of the molecule is CCCc1cc2c(C(F)(F)F)cc(=O)oc2c(CCC)c1OCCCCCN1CNC(c2ccccc2)(c2ccccc2)C1. The van der Waals surface area contributed by atoms with Gasteiger partial charge in [-0.3, -0.25) is 10.2 Å². The first-order valence-electron chi connectivity index (χ1n) is 15.7. The summed E-state index contributed by atoms with van der Waals surface area (Å²) in [5.74, 6) is 0.572. The molecule has 0 spiro atoms. The normalized spacial score (nSPS) is 15.2. The van der Waals surface area contributed by atoms with E-state index >= 15 is 0 Å². The molecule has 1 N–H and O–H groups in total. The van der Waals surface area contributed by atoms with E-state index in [9.17, 15) is 18.0 Å². The van der Waals surface area contributed by atoms with Gasteiger partial charge in [0.15, 0.2) is 0 Å². The first kappa shape index (κ1) is 31.8. The van der Waals surface area contributed by atoms with Crippen LogP contribution in [0.15, 0.2) is 82.0 Å². The molecule has 5 rings (SSSR count). The minimum Gasteiger partial charge on any atom is -0.493 e. The van der Waals surface area contributed by atoms with Crippen molar-refractivity contribution in [3.05, 3.63) is 111 Å². The fourth-order valence-electron chi connectivity index (χ4n) is 6.39. The van der Waals surface area contributed by atoms with Crippen LogP contribution in [0.25, 0.3) is 11.0 Å². The summed E-state index contributed by atoms with van der Waals surface area (Å²) in [6.07, 6.45) is 0.567. The van der Waals surface area contributed by atoms with Crippen LogP contribution in [0.5, 0.6) is 5.75 Å². The molecule has 1 saturated heterocycles. The number of nitrogens with one attached hydrogen (secondary N) is 1. The van der Waals surface area contributed by atoms with Gasteiger partial charge in [-0.1, -0.05) is 87.4 Å². The average Bonchev–Trinajstić information content (AvgIpc) is 3.46. The van der Waals surface area contributed by atoms with Gasteiger partial charge in [-0.2, -0.15) is 13.2 Å². The van der Waals surface area contributed by atoms with Gasteiger partial charge in [0.25, 0.3) is 0 Å². The van der Waals surface area contributed by atoms with Crippen LogP contribution in [-0.2, 0) is 24.6 Å². The zero-order valence-corrected chi connectivity index (χ0v) is 25.5. The Morgan fingerprint density at radius 2 is 1.57 bits per heavy atom. The van der Waals surface area contributed by atoms with Crippen molar-refractivity contribution in [2.45, 2.75) is 70.5 Å². The molecule has 3 aromatic carbocycles. The molecule has 0 unspecified atom stereocenters. The summed E-state index contributed by atoms with van der Waals surface area (Å²) in [5.41, 5.74) is 1.56. The molecule has 0 aliphatic carbocycles. The summed E-state index contributed by atoms with van der Waals surface area (Å²) in [7, 11) is 0. The molecule has 5 nitrogen and oxygen atoms in total. The molecule has 0 saturated carbocycles. The van der Waals surface area contributed by atoms with Crippen LogP contribution in [0.4, 0.5) is 13.2 Å². The molecular formula is C36H41F3N2O3. The third-order valence-electron chi connectivity index (χ3n) is 8.45. The van der Waals surface area contributed by atoms with Crippen molar-refractivity contribution >= 4 is 11.0 Å². The Balaban J connectivity index is 1.25. The number of rotatable bonds is 13. The van der Waals surface area contributed by atoms with Crippen molar-refractivity contribution in [3.63, 3.8) is 0 Å². The Labute approximate surface area is 257 Å². The predicted octanol–water partition coefficient (Wildman–Crippen LogP) is 8.07. The minimum atomic E-state index is -4.66. The molecule has 44 heavy (non-hydrogen) atoms. The second kappa shape index (κ2) is 14.0. The van der Waals surface area contributed by atoms with Crippen LogP contribution in [0.1, 0.15) is 73.8 Å². The van der Waals surface area contributed by atoms with Crippen molar-refractivity contribution in [1.29, 1.82) is 0 Å². The molecule has 1 fully saturated rings. The van der Waals surface area contributed by atoms with E-state index in [1.165, 1.54) is 17.2 Å². The highest BCUT2D eigenvalue weighted by Crippen LogP contribution is 2.40. The van der Waals surface area contributed by atoms with E-state index < -0.39 is 17.4 Å². The third-order valence-corrected chi connectivity index (χ3v) is 8.45. The highest BCUT2D eigenvalue weighted by atomic mass is 19.4. The maximum atomic E-state index is 13.9. The predicted molar refractivity (Wildman–Crippen MR) is 168 cm³/mol. The number of aryl methyl sites for hydroxylation is 2. The molecule has 1 aliphatic heterocycles. The topological polar surface area (TPSA) is 54.7 Å². The molecule has 1 aromatic heterocycles.